The summed E-state index contributed by atoms with van der Waals surface area (Å²) < 4.78 is 11.2. The van der Waals surface area contributed by atoms with Gasteiger partial charge in [-0.25, -0.2) is 0 Å². The van der Waals surface area contributed by atoms with Crippen molar-refractivity contribution in [1.29, 1.82) is 0 Å². The Morgan fingerprint density at radius 1 is 0.636 bits per heavy atom. The quantitative estimate of drug-likeness (QED) is 0.744. The van der Waals surface area contributed by atoms with Crippen molar-refractivity contribution in [1.82, 2.24) is 0 Å². The van der Waals surface area contributed by atoms with Crippen LogP contribution in [0.1, 0.15) is 11.1 Å². The Hall–Kier alpha value is -1.72. The van der Waals surface area contributed by atoms with Gasteiger partial charge in [-0.3, -0.25) is 0 Å². The maximum absolute atomic E-state index is 6.03. The second-order valence-electron chi connectivity index (χ2n) is 5.33. The van der Waals surface area contributed by atoms with Crippen LogP contribution in [0.4, 0.5) is 0 Å². The highest BCUT2D eigenvalue weighted by Crippen LogP contribution is 2.03. The molecule has 2 atom stereocenters. The molecule has 0 aliphatic carbocycles. The maximum atomic E-state index is 6.03. The number of hydrogen-bond acceptors (Lipinski definition) is 4. The van der Waals surface area contributed by atoms with Crippen molar-refractivity contribution in [3.63, 3.8) is 0 Å². The van der Waals surface area contributed by atoms with Gasteiger partial charge in [0, 0.05) is 12.1 Å². The molecule has 0 unspecified atom stereocenters. The van der Waals surface area contributed by atoms with Gasteiger partial charge in [0.05, 0.1) is 26.4 Å². The van der Waals surface area contributed by atoms with Crippen LogP contribution in [-0.4, -0.2) is 25.3 Å². The number of hydrogen-bond donors (Lipinski definition) is 2. The molecule has 4 N–H and O–H groups in total. The Kier molecular flexibility index (Phi) is 7.06. The van der Waals surface area contributed by atoms with Crippen LogP contribution in [0.5, 0.6) is 0 Å². The third kappa shape index (κ3) is 5.95. The summed E-state index contributed by atoms with van der Waals surface area (Å²) in [4.78, 5) is 0. The van der Waals surface area contributed by atoms with Crippen molar-refractivity contribution < 1.29 is 9.47 Å². The summed E-state index contributed by atoms with van der Waals surface area (Å²) in [5.74, 6) is 0. The van der Waals surface area contributed by atoms with Gasteiger partial charge in [-0.1, -0.05) is 60.7 Å². The van der Waals surface area contributed by atoms with Crippen molar-refractivity contribution in [2.75, 3.05) is 13.2 Å². The fraction of sp³-hybridized carbons (Fsp3) is 0.333. The predicted octanol–water partition coefficient (Wildman–Crippen LogP) is 2.07. The van der Waals surface area contributed by atoms with Crippen LogP contribution >= 0.6 is 0 Å². The predicted molar refractivity (Wildman–Crippen MR) is 88.1 cm³/mol. The van der Waals surface area contributed by atoms with Crippen LogP contribution in [-0.2, 0) is 22.7 Å². The van der Waals surface area contributed by atoms with Gasteiger partial charge in [-0.15, -0.1) is 0 Å². The topological polar surface area (TPSA) is 70.5 Å². The summed E-state index contributed by atoms with van der Waals surface area (Å²) >= 11 is 0. The zero-order valence-corrected chi connectivity index (χ0v) is 12.7. The standard InChI is InChI=1S/C18H24N2O2/c19-17(13-21-11-15-7-3-1-4-8-15)18(20)14-22-12-16-9-5-2-6-10-16/h1-10,17-18H,11-14,19-20H2/t17-,18-/m0/s1. The molecule has 0 saturated carbocycles. The highest BCUT2D eigenvalue weighted by molar-refractivity contribution is 5.14. The van der Waals surface area contributed by atoms with Gasteiger partial charge >= 0.3 is 0 Å². The van der Waals surface area contributed by atoms with Crippen molar-refractivity contribution in [2.45, 2.75) is 25.3 Å². The van der Waals surface area contributed by atoms with E-state index in [-0.39, 0.29) is 12.1 Å². The van der Waals surface area contributed by atoms with E-state index in [0.29, 0.717) is 26.4 Å². The smallest absolute Gasteiger partial charge is 0.0717 e. The normalized spacial score (nSPS) is 13.7. The molecular formula is C18H24N2O2. The molecule has 0 amide bonds. The van der Waals surface area contributed by atoms with Crippen molar-refractivity contribution in [3.8, 4) is 0 Å². The molecule has 0 radical (unpaired) electrons. The lowest BCUT2D eigenvalue weighted by atomic mass is 10.1. The van der Waals surface area contributed by atoms with Gasteiger partial charge in [-0.05, 0) is 11.1 Å². The molecule has 22 heavy (non-hydrogen) atoms. The molecule has 2 aromatic carbocycles. The molecule has 0 heterocycles. The van der Waals surface area contributed by atoms with Crippen molar-refractivity contribution in [2.24, 2.45) is 11.5 Å². The fourth-order valence-corrected chi connectivity index (χ4v) is 2.02. The zero-order chi connectivity index (χ0) is 15.6. The lowest BCUT2D eigenvalue weighted by Crippen LogP contribution is -2.47. The third-order valence-corrected chi connectivity index (χ3v) is 3.39. The molecule has 4 nitrogen and oxygen atoms in total. The molecule has 0 fully saturated rings. The number of rotatable bonds is 9. The number of nitrogens with two attached hydrogens (primary N) is 2. The van der Waals surface area contributed by atoms with Gasteiger partial charge in [0.15, 0.2) is 0 Å². The monoisotopic (exact) mass is 300 g/mol. The van der Waals surface area contributed by atoms with Crippen LogP contribution in [0.3, 0.4) is 0 Å². The Balaban J connectivity index is 1.61. The van der Waals surface area contributed by atoms with Crippen molar-refractivity contribution >= 4 is 0 Å². The molecule has 0 saturated heterocycles. The molecule has 0 bridgehead atoms. The number of ether oxygens (including phenoxy) is 2. The second kappa shape index (κ2) is 9.33. The van der Waals surface area contributed by atoms with Crippen LogP contribution < -0.4 is 11.5 Å². The maximum Gasteiger partial charge on any atom is 0.0717 e. The minimum Gasteiger partial charge on any atom is -0.375 e. The SMILES string of the molecule is N[C@@H](COCc1ccccc1)[C@@H](N)COCc1ccccc1. The van der Waals surface area contributed by atoms with Gasteiger partial charge in [0.2, 0.25) is 0 Å². The second-order valence-corrected chi connectivity index (χ2v) is 5.33. The molecule has 118 valence electrons. The summed E-state index contributed by atoms with van der Waals surface area (Å²) in [5.41, 5.74) is 14.3. The van der Waals surface area contributed by atoms with Gasteiger partial charge < -0.3 is 20.9 Å². The first-order chi connectivity index (χ1) is 10.8. The summed E-state index contributed by atoms with van der Waals surface area (Å²) in [5, 5.41) is 0. The van der Waals surface area contributed by atoms with Gasteiger partial charge in [0.1, 0.15) is 0 Å². The van der Waals surface area contributed by atoms with Gasteiger partial charge in [-0.2, -0.15) is 0 Å². The van der Waals surface area contributed by atoms with Crippen LogP contribution in [0.2, 0.25) is 0 Å². The van der Waals surface area contributed by atoms with Gasteiger partial charge in [0.25, 0.3) is 0 Å². The third-order valence-electron chi connectivity index (χ3n) is 3.39. The van der Waals surface area contributed by atoms with E-state index in [0.717, 1.165) is 11.1 Å². The van der Waals surface area contributed by atoms with Crippen LogP contribution in [0, 0.1) is 0 Å². The molecule has 0 spiro atoms. The van der Waals surface area contributed by atoms with E-state index in [4.69, 9.17) is 20.9 Å². The largest absolute Gasteiger partial charge is 0.375 e. The number of benzene rings is 2. The molecule has 2 rings (SSSR count). The zero-order valence-electron chi connectivity index (χ0n) is 12.7. The first kappa shape index (κ1) is 16.6. The van der Waals surface area contributed by atoms with E-state index in [1.165, 1.54) is 0 Å². The molecule has 0 aliphatic rings. The molecule has 4 heteroatoms. The molecule has 0 aliphatic heterocycles. The highest BCUT2D eigenvalue weighted by atomic mass is 16.5. The summed E-state index contributed by atoms with van der Waals surface area (Å²) in [6, 6.07) is 19.5. The van der Waals surface area contributed by atoms with E-state index in [1.807, 2.05) is 60.7 Å². The average Bonchev–Trinajstić information content (AvgIpc) is 2.56. The minimum atomic E-state index is -0.237. The minimum absolute atomic E-state index is 0.237. The van der Waals surface area contributed by atoms with Crippen molar-refractivity contribution in [3.05, 3.63) is 71.8 Å². The van der Waals surface area contributed by atoms with Crippen LogP contribution in [0.25, 0.3) is 0 Å². The average molecular weight is 300 g/mol. The van der Waals surface area contributed by atoms with Crippen LogP contribution in [0.15, 0.2) is 60.7 Å². The summed E-state index contributed by atoms with van der Waals surface area (Å²) in [6.45, 7) is 1.94. The highest BCUT2D eigenvalue weighted by Gasteiger charge is 2.13. The van der Waals surface area contributed by atoms with E-state index in [2.05, 4.69) is 0 Å². The Bertz CT molecular complexity index is 470. The Morgan fingerprint density at radius 3 is 1.36 bits per heavy atom. The first-order valence-corrected chi connectivity index (χ1v) is 7.50. The van der Waals surface area contributed by atoms with E-state index >= 15 is 0 Å². The first-order valence-electron chi connectivity index (χ1n) is 7.50. The Labute approximate surface area is 132 Å². The fourth-order valence-electron chi connectivity index (χ4n) is 2.02. The Morgan fingerprint density at radius 2 is 1.00 bits per heavy atom. The molecule has 2 aromatic rings. The van der Waals surface area contributed by atoms with E-state index in [1.54, 1.807) is 0 Å². The summed E-state index contributed by atoms with van der Waals surface area (Å²) in [7, 11) is 0. The molecular weight excluding hydrogens is 276 g/mol. The van der Waals surface area contributed by atoms with E-state index < -0.39 is 0 Å². The lowest BCUT2D eigenvalue weighted by Gasteiger charge is -2.20. The lowest BCUT2D eigenvalue weighted by molar-refractivity contribution is 0.0683. The van der Waals surface area contributed by atoms with E-state index in [9.17, 15) is 0 Å². The summed E-state index contributed by atoms with van der Waals surface area (Å²) in [6.07, 6.45) is 0. The molecule has 0 aromatic heterocycles.